The molecule has 0 aliphatic rings. The largest absolute Gasteiger partial charge is 0.495 e. The first-order chi connectivity index (χ1) is 7.02. The summed E-state index contributed by atoms with van der Waals surface area (Å²) in [7, 11) is 1.52. The SMILES string of the molecule is COc1c(Cl)cc(Cl)c(C)c1C(C)C=O. The van der Waals surface area contributed by atoms with Crippen molar-refractivity contribution in [1.29, 1.82) is 0 Å². The van der Waals surface area contributed by atoms with Crippen molar-refractivity contribution >= 4 is 29.5 Å². The van der Waals surface area contributed by atoms with Crippen molar-refractivity contribution in [3.05, 3.63) is 27.2 Å². The molecule has 1 unspecified atom stereocenters. The van der Waals surface area contributed by atoms with E-state index in [9.17, 15) is 4.79 Å². The van der Waals surface area contributed by atoms with Crippen LogP contribution in [0.3, 0.4) is 0 Å². The molecular weight excluding hydrogens is 235 g/mol. The molecule has 15 heavy (non-hydrogen) atoms. The number of halogens is 2. The molecule has 0 aliphatic carbocycles. The van der Waals surface area contributed by atoms with Gasteiger partial charge < -0.3 is 9.53 Å². The fourth-order valence-corrected chi connectivity index (χ4v) is 2.09. The van der Waals surface area contributed by atoms with Crippen molar-refractivity contribution in [3.63, 3.8) is 0 Å². The lowest BCUT2D eigenvalue weighted by atomic mass is 9.96. The zero-order chi connectivity index (χ0) is 11.6. The molecule has 0 N–H and O–H groups in total. The molecule has 0 spiro atoms. The van der Waals surface area contributed by atoms with Crippen LogP contribution in [0.4, 0.5) is 0 Å². The molecule has 0 aromatic heterocycles. The highest BCUT2D eigenvalue weighted by atomic mass is 35.5. The van der Waals surface area contributed by atoms with Gasteiger partial charge in [-0.3, -0.25) is 0 Å². The van der Waals surface area contributed by atoms with Gasteiger partial charge in [0.1, 0.15) is 12.0 Å². The number of carbonyl (C=O) groups excluding carboxylic acids is 1. The van der Waals surface area contributed by atoms with Crippen LogP contribution < -0.4 is 4.74 Å². The first kappa shape index (κ1) is 12.3. The molecule has 82 valence electrons. The first-order valence-electron chi connectivity index (χ1n) is 4.50. The Kier molecular flexibility index (Phi) is 4.00. The van der Waals surface area contributed by atoms with Gasteiger partial charge in [-0.1, -0.05) is 30.1 Å². The maximum Gasteiger partial charge on any atom is 0.141 e. The third kappa shape index (κ3) is 2.27. The van der Waals surface area contributed by atoms with Crippen molar-refractivity contribution in [2.24, 2.45) is 0 Å². The Balaban J connectivity index is 3.50. The van der Waals surface area contributed by atoms with Crippen LogP contribution in [0.5, 0.6) is 5.75 Å². The van der Waals surface area contributed by atoms with Gasteiger partial charge in [0.25, 0.3) is 0 Å². The minimum atomic E-state index is -0.281. The van der Waals surface area contributed by atoms with Crippen LogP contribution in [0, 0.1) is 6.92 Å². The van der Waals surface area contributed by atoms with Crippen LogP contribution in [-0.4, -0.2) is 13.4 Å². The van der Waals surface area contributed by atoms with Crippen LogP contribution >= 0.6 is 23.2 Å². The molecule has 1 rings (SSSR count). The van der Waals surface area contributed by atoms with Gasteiger partial charge in [-0.25, -0.2) is 0 Å². The number of methoxy groups -OCH3 is 1. The lowest BCUT2D eigenvalue weighted by Gasteiger charge is -2.16. The van der Waals surface area contributed by atoms with Crippen molar-refractivity contribution in [2.45, 2.75) is 19.8 Å². The van der Waals surface area contributed by atoms with Gasteiger partial charge in [-0.2, -0.15) is 0 Å². The molecule has 0 saturated heterocycles. The number of carbonyl (C=O) groups is 1. The second-order valence-electron chi connectivity index (χ2n) is 3.34. The minimum absolute atomic E-state index is 0.281. The van der Waals surface area contributed by atoms with Crippen LogP contribution in [0.25, 0.3) is 0 Å². The van der Waals surface area contributed by atoms with Crippen LogP contribution in [0.2, 0.25) is 10.0 Å². The fourth-order valence-electron chi connectivity index (χ4n) is 1.54. The summed E-state index contributed by atoms with van der Waals surface area (Å²) in [4.78, 5) is 10.8. The number of aldehydes is 1. The Morgan fingerprint density at radius 1 is 1.40 bits per heavy atom. The molecule has 0 fully saturated rings. The first-order valence-corrected chi connectivity index (χ1v) is 5.26. The van der Waals surface area contributed by atoms with E-state index in [1.165, 1.54) is 7.11 Å². The lowest BCUT2D eigenvalue weighted by Crippen LogP contribution is -2.02. The quantitative estimate of drug-likeness (QED) is 0.762. The van der Waals surface area contributed by atoms with Crippen LogP contribution in [0.1, 0.15) is 24.0 Å². The van der Waals surface area contributed by atoms with Gasteiger partial charge in [-0.15, -0.1) is 0 Å². The number of hydrogen-bond donors (Lipinski definition) is 0. The Hall–Kier alpha value is -0.730. The highest BCUT2D eigenvalue weighted by Crippen LogP contribution is 2.39. The number of rotatable bonds is 3. The Bertz CT molecular complexity index is 389. The van der Waals surface area contributed by atoms with E-state index in [0.29, 0.717) is 15.8 Å². The molecule has 1 aromatic carbocycles. The highest BCUT2D eigenvalue weighted by molar-refractivity contribution is 6.36. The molecular formula is C11H12Cl2O2. The van der Waals surface area contributed by atoms with Crippen molar-refractivity contribution in [1.82, 2.24) is 0 Å². The molecule has 0 bridgehead atoms. The van der Waals surface area contributed by atoms with E-state index in [1.54, 1.807) is 13.0 Å². The van der Waals surface area contributed by atoms with Gasteiger partial charge in [0.05, 0.1) is 12.1 Å². The summed E-state index contributed by atoms with van der Waals surface area (Å²) in [6, 6.07) is 1.62. The standard InChI is InChI=1S/C11H12Cl2O2/c1-6(5-14)10-7(2)8(12)4-9(13)11(10)15-3/h4-6H,1-3H3. The average Bonchev–Trinajstić information content (AvgIpc) is 2.21. The van der Waals surface area contributed by atoms with Gasteiger partial charge >= 0.3 is 0 Å². The second-order valence-corrected chi connectivity index (χ2v) is 4.15. The highest BCUT2D eigenvalue weighted by Gasteiger charge is 2.19. The zero-order valence-corrected chi connectivity index (χ0v) is 10.3. The summed E-state index contributed by atoms with van der Waals surface area (Å²) in [5, 5.41) is 0.973. The van der Waals surface area contributed by atoms with Gasteiger partial charge in [0.15, 0.2) is 0 Å². The van der Waals surface area contributed by atoms with E-state index >= 15 is 0 Å². The summed E-state index contributed by atoms with van der Waals surface area (Å²) in [5.41, 5.74) is 1.59. The smallest absolute Gasteiger partial charge is 0.141 e. The van der Waals surface area contributed by atoms with E-state index < -0.39 is 0 Å². The Morgan fingerprint density at radius 2 is 2.00 bits per heavy atom. The summed E-state index contributed by atoms with van der Waals surface area (Å²) in [6.45, 7) is 3.63. The molecule has 0 aliphatic heterocycles. The van der Waals surface area contributed by atoms with E-state index in [-0.39, 0.29) is 5.92 Å². The number of hydrogen-bond acceptors (Lipinski definition) is 2. The van der Waals surface area contributed by atoms with Crippen molar-refractivity contribution in [3.8, 4) is 5.75 Å². The molecule has 1 aromatic rings. The maximum absolute atomic E-state index is 10.8. The van der Waals surface area contributed by atoms with Gasteiger partial charge in [-0.05, 0) is 18.6 Å². The van der Waals surface area contributed by atoms with E-state index in [2.05, 4.69) is 0 Å². The second kappa shape index (κ2) is 4.86. The van der Waals surface area contributed by atoms with E-state index in [0.717, 1.165) is 17.4 Å². The normalized spacial score (nSPS) is 12.3. The molecule has 2 nitrogen and oxygen atoms in total. The van der Waals surface area contributed by atoms with E-state index in [4.69, 9.17) is 27.9 Å². The third-order valence-corrected chi connectivity index (χ3v) is 3.01. The topological polar surface area (TPSA) is 26.3 Å². The van der Waals surface area contributed by atoms with Gasteiger partial charge in [0, 0.05) is 16.5 Å². The Labute approximate surface area is 99.1 Å². The van der Waals surface area contributed by atoms with Crippen molar-refractivity contribution < 1.29 is 9.53 Å². The molecule has 0 saturated carbocycles. The summed E-state index contributed by atoms with van der Waals surface area (Å²) >= 11 is 12.0. The predicted octanol–water partition coefficient (Wildman–Crippen LogP) is 3.61. The summed E-state index contributed by atoms with van der Waals surface area (Å²) in [6.07, 6.45) is 0.845. The lowest BCUT2D eigenvalue weighted by molar-refractivity contribution is -0.108. The number of ether oxygens (including phenoxy) is 1. The Morgan fingerprint density at radius 3 is 2.47 bits per heavy atom. The minimum Gasteiger partial charge on any atom is -0.495 e. The average molecular weight is 247 g/mol. The summed E-state index contributed by atoms with van der Waals surface area (Å²) < 4.78 is 5.19. The van der Waals surface area contributed by atoms with Crippen molar-refractivity contribution in [2.75, 3.05) is 7.11 Å². The fraction of sp³-hybridized carbons (Fsp3) is 0.364. The molecule has 0 radical (unpaired) electrons. The summed E-state index contributed by atoms with van der Waals surface area (Å²) in [5.74, 6) is 0.245. The maximum atomic E-state index is 10.8. The monoisotopic (exact) mass is 246 g/mol. The molecule has 1 atom stereocenters. The zero-order valence-electron chi connectivity index (χ0n) is 8.80. The molecule has 0 amide bonds. The van der Waals surface area contributed by atoms with E-state index in [1.807, 2.05) is 6.92 Å². The van der Waals surface area contributed by atoms with Gasteiger partial charge in [0.2, 0.25) is 0 Å². The molecule has 4 heteroatoms. The predicted molar refractivity (Wildman–Crippen MR) is 62.2 cm³/mol. The number of benzene rings is 1. The van der Waals surface area contributed by atoms with Crippen LogP contribution in [0.15, 0.2) is 6.07 Å². The van der Waals surface area contributed by atoms with Crippen LogP contribution in [-0.2, 0) is 4.79 Å². The third-order valence-electron chi connectivity index (χ3n) is 2.34. The molecule has 0 heterocycles.